The van der Waals surface area contributed by atoms with Crippen LogP contribution in [0.25, 0.3) is 0 Å². The Bertz CT molecular complexity index is 933. The number of amides is 2. The minimum absolute atomic E-state index is 0.144. The number of benzene rings is 2. The summed E-state index contributed by atoms with van der Waals surface area (Å²) >= 11 is 0. The average molecular weight is 428 g/mol. The lowest BCUT2D eigenvalue weighted by atomic mass is 10.3. The Morgan fingerprint density at radius 2 is 1.04 bits per heavy atom. The molecule has 0 atom stereocenters. The van der Waals surface area contributed by atoms with Gasteiger partial charge in [-0.15, -0.1) is 0 Å². The molecule has 11 heteroatoms. The summed E-state index contributed by atoms with van der Waals surface area (Å²) < 4.78 is 55.3. The van der Waals surface area contributed by atoms with Gasteiger partial charge in [-0.3, -0.25) is 0 Å². The normalized spacial score (nSPS) is 11.5. The highest BCUT2D eigenvalue weighted by atomic mass is 32.2. The van der Waals surface area contributed by atoms with E-state index in [0.29, 0.717) is 11.4 Å². The van der Waals surface area contributed by atoms with E-state index in [2.05, 4.69) is 10.6 Å². The van der Waals surface area contributed by atoms with E-state index in [0.717, 1.165) is 0 Å². The first-order valence-electron chi connectivity index (χ1n) is 8.25. The number of carbonyl (C=O) groups is 1. The van der Waals surface area contributed by atoms with E-state index >= 15 is 0 Å². The van der Waals surface area contributed by atoms with Crippen LogP contribution in [-0.4, -0.2) is 34.4 Å². The van der Waals surface area contributed by atoms with Crippen molar-refractivity contribution in [3.63, 3.8) is 0 Å². The maximum atomic E-state index is 12.0. The van der Waals surface area contributed by atoms with Crippen molar-refractivity contribution in [3.8, 4) is 11.5 Å². The van der Waals surface area contributed by atoms with E-state index in [1.807, 2.05) is 0 Å². The summed E-state index contributed by atoms with van der Waals surface area (Å²) in [7, 11) is -7.23. The van der Waals surface area contributed by atoms with Crippen LogP contribution in [0.3, 0.4) is 0 Å². The van der Waals surface area contributed by atoms with Gasteiger partial charge in [-0.25, -0.2) is 4.79 Å². The number of anilines is 2. The Morgan fingerprint density at radius 1 is 0.714 bits per heavy atom. The maximum Gasteiger partial charge on any atom is 0.323 e. The van der Waals surface area contributed by atoms with E-state index in [-0.39, 0.29) is 23.0 Å². The molecule has 0 aliphatic carbocycles. The first-order valence-corrected chi connectivity index (χ1v) is 11.4. The van der Waals surface area contributed by atoms with Crippen LogP contribution in [0.2, 0.25) is 0 Å². The molecule has 0 aromatic heterocycles. The first-order chi connectivity index (χ1) is 13.1. The standard InChI is InChI=1S/C17H20N2O7S2/c1-3-27(21,22)25-15-9-5-13(6-10-15)18-17(20)19-14-7-11-16(12-8-14)26-28(23,24)4-2/h5-12H,3-4H2,1-2H3,(H2,18,19,20). The lowest BCUT2D eigenvalue weighted by Crippen LogP contribution is -2.19. The van der Waals surface area contributed by atoms with Crippen LogP contribution in [0.15, 0.2) is 48.5 Å². The van der Waals surface area contributed by atoms with Crippen molar-refractivity contribution in [2.24, 2.45) is 0 Å². The van der Waals surface area contributed by atoms with Crippen LogP contribution in [0.5, 0.6) is 11.5 Å². The second-order valence-corrected chi connectivity index (χ2v) is 9.21. The van der Waals surface area contributed by atoms with Gasteiger partial charge in [0, 0.05) is 11.4 Å². The van der Waals surface area contributed by atoms with Crippen molar-refractivity contribution in [3.05, 3.63) is 48.5 Å². The van der Waals surface area contributed by atoms with E-state index in [1.54, 1.807) is 0 Å². The van der Waals surface area contributed by atoms with Crippen LogP contribution in [0.4, 0.5) is 16.2 Å². The van der Waals surface area contributed by atoms with Crippen molar-refractivity contribution in [1.29, 1.82) is 0 Å². The molecule has 152 valence electrons. The zero-order chi connectivity index (χ0) is 20.8. The second kappa shape index (κ2) is 8.93. The molecule has 2 aromatic carbocycles. The summed E-state index contributed by atoms with van der Waals surface area (Å²) in [6.45, 7) is 2.94. The molecule has 28 heavy (non-hydrogen) atoms. The Balaban J connectivity index is 1.93. The van der Waals surface area contributed by atoms with Gasteiger partial charge < -0.3 is 19.0 Å². The molecule has 0 unspecified atom stereocenters. The van der Waals surface area contributed by atoms with E-state index < -0.39 is 26.3 Å². The molecule has 0 heterocycles. The monoisotopic (exact) mass is 428 g/mol. The van der Waals surface area contributed by atoms with Crippen molar-refractivity contribution < 1.29 is 30.0 Å². The Hall–Kier alpha value is -2.79. The Morgan fingerprint density at radius 3 is 1.32 bits per heavy atom. The smallest absolute Gasteiger partial charge is 0.323 e. The predicted octanol–water partition coefficient (Wildman–Crippen LogP) is 2.79. The second-order valence-electron chi connectivity index (χ2n) is 5.49. The summed E-state index contributed by atoms with van der Waals surface area (Å²) in [5, 5.41) is 5.15. The highest BCUT2D eigenvalue weighted by Crippen LogP contribution is 2.19. The number of hydrogen-bond acceptors (Lipinski definition) is 7. The highest BCUT2D eigenvalue weighted by Gasteiger charge is 2.11. The number of urea groups is 1. The quantitative estimate of drug-likeness (QED) is 0.619. The van der Waals surface area contributed by atoms with Gasteiger partial charge in [0.05, 0.1) is 11.5 Å². The molecule has 2 rings (SSSR count). The number of nitrogens with one attached hydrogen (secondary N) is 2. The first kappa shape index (κ1) is 21.5. The molecule has 9 nitrogen and oxygen atoms in total. The topological polar surface area (TPSA) is 128 Å². The Labute approximate surface area is 163 Å². The third-order valence-corrected chi connectivity index (χ3v) is 5.68. The third-order valence-electron chi connectivity index (χ3n) is 3.38. The number of carbonyl (C=O) groups excluding carboxylic acids is 1. The molecule has 0 saturated carbocycles. The number of hydrogen-bond donors (Lipinski definition) is 2. The molecule has 0 fully saturated rings. The third kappa shape index (κ3) is 6.74. The molecule has 0 spiro atoms. The molecule has 2 aromatic rings. The minimum Gasteiger partial charge on any atom is -0.382 e. The molecule has 0 bridgehead atoms. The summed E-state index contributed by atoms with van der Waals surface area (Å²) in [5.74, 6) is -0.0106. The summed E-state index contributed by atoms with van der Waals surface area (Å²) in [5.41, 5.74) is 0.848. The number of rotatable bonds is 8. The van der Waals surface area contributed by atoms with Gasteiger partial charge in [0.2, 0.25) is 0 Å². The molecule has 2 N–H and O–H groups in total. The fourth-order valence-electron chi connectivity index (χ4n) is 1.89. The van der Waals surface area contributed by atoms with Crippen LogP contribution in [-0.2, 0) is 20.2 Å². The summed E-state index contributed by atoms with van der Waals surface area (Å²) in [4.78, 5) is 12.0. The Kier molecular flexibility index (Phi) is 6.86. The van der Waals surface area contributed by atoms with Gasteiger partial charge in [0.25, 0.3) is 0 Å². The molecule has 0 aliphatic heterocycles. The molecular formula is C17H20N2O7S2. The minimum atomic E-state index is -3.61. The van der Waals surface area contributed by atoms with Gasteiger partial charge in [-0.1, -0.05) is 0 Å². The zero-order valence-electron chi connectivity index (χ0n) is 15.2. The van der Waals surface area contributed by atoms with Crippen molar-refractivity contribution in [2.45, 2.75) is 13.8 Å². The predicted molar refractivity (Wildman–Crippen MR) is 106 cm³/mol. The van der Waals surface area contributed by atoms with Gasteiger partial charge in [0.15, 0.2) is 0 Å². The fourth-order valence-corrected chi connectivity index (χ4v) is 2.94. The van der Waals surface area contributed by atoms with Crippen LogP contribution >= 0.6 is 0 Å². The zero-order valence-corrected chi connectivity index (χ0v) is 16.8. The lowest BCUT2D eigenvalue weighted by molar-refractivity contribution is 0.262. The average Bonchev–Trinajstić information content (AvgIpc) is 2.64. The molecule has 0 aliphatic rings. The van der Waals surface area contributed by atoms with Gasteiger partial charge >= 0.3 is 26.3 Å². The van der Waals surface area contributed by atoms with Crippen molar-refractivity contribution in [2.75, 3.05) is 22.1 Å². The van der Waals surface area contributed by atoms with Crippen molar-refractivity contribution in [1.82, 2.24) is 0 Å². The fraction of sp³-hybridized carbons (Fsp3) is 0.235. The van der Waals surface area contributed by atoms with E-state index in [4.69, 9.17) is 8.37 Å². The van der Waals surface area contributed by atoms with Gasteiger partial charge in [-0.2, -0.15) is 16.8 Å². The SMILES string of the molecule is CCS(=O)(=O)Oc1ccc(NC(=O)Nc2ccc(OS(=O)(=O)CC)cc2)cc1. The van der Waals surface area contributed by atoms with E-state index in [9.17, 15) is 21.6 Å². The highest BCUT2D eigenvalue weighted by molar-refractivity contribution is 7.87. The molecule has 0 radical (unpaired) electrons. The lowest BCUT2D eigenvalue weighted by Gasteiger charge is -2.10. The molecule has 0 saturated heterocycles. The summed E-state index contributed by atoms with van der Waals surface area (Å²) in [6, 6.07) is 11.1. The van der Waals surface area contributed by atoms with Crippen molar-refractivity contribution >= 4 is 37.6 Å². The van der Waals surface area contributed by atoms with Crippen LogP contribution in [0.1, 0.15) is 13.8 Å². The largest absolute Gasteiger partial charge is 0.382 e. The van der Waals surface area contributed by atoms with Crippen LogP contribution in [0, 0.1) is 0 Å². The van der Waals surface area contributed by atoms with Crippen LogP contribution < -0.4 is 19.0 Å². The summed E-state index contributed by atoms with van der Waals surface area (Å²) in [6.07, 6.45) is 0. The van der Waals surface area contributed by atoms with E-state index in [1.165, 1.54) is 62.4 Å². The molecule has 2 amide bonds. The molecular weight excluding hydrogens is 408 g/mol. The van der Waals surface area contributed by atoms with Gasteiger partial charge in [-0.05, 0) is 62.4 Å². The van der Waals surface area contributed by atoms with Gasteiger partial charge in [0.1, 0.15) is 11.5 Å². The maximum absolute atomic E-state index is 12.0.